The molecular formula is C11H14N4OS. The van der Waals surface area contributed by atoms with Gasteiger partial charge in [0.2, 0.25) is 11.8 Å². The molecule has 0 aromatic carbocycles. The van der Waals surface area contributed by atoms with E-state index in [1.54, 1.807) is 24.5 Å². The zero-order chi connectivity index (χ0) is 12.1. The van der Waals surface area contributed by atoms with Gasteiger partial charge in [0.1, 0.15) is 0 Å². The van der Waals surface area contributed by atoms with Gasteiger partial charge < -0.3 is 10.1 Å². The van der Waals surface area contributed by atoms with Crippen LogP contribution < -0.4 is 10.1 Å². The number of anilines is 1. The van der Waals surface area contributed by atoms with Crippen molar-refractivity contribution in [3.63, 3.8) is 0 Å². The summed E-state index contributed by atoms with van der Waals surface area (Å²) in [5.74, 6) is 1.17. The summed E-state index contributed by atoms with van der Waals surface area (Å²) in [6.45, 7) is 2.67. The van der Waals surface area contributed by atoms with E-state index in [4.69, 9.17) is 4.74 Å². The highest BCUT2D eigenvalue weighted by molar-refractivity contribution is 7.07. The number of rotatable bonds is 5. The second-order valence-electron chi connectivity index (χ2n) is 3.53. The van der Waals surface area contributed by atoms with Crippen molar-refractivity contribution in [2.45, 2.75) is 13.3 Å². The van der Waals surface area contributed by atoms with Crippen LogP contribution in [0.5, 0.6) is 5.88 Å². The minimum absolute atomic E-state index is 0.577. The van der Waals surface area contributed by atoms with Gasteiger partial charge in [-0.25, -0.2) is 9.97 Å². The summed E-state index contributed by atoms with van der Waals surface area (Å²) in [6, 6.07) is 1.80. The van der Waals surface area contributed by atoms with Crippen molar-refractivity contribution in [1.29, 1.82) is 0 Å². The average molecular weight is 250 g/mol. The molecule has 0 saturated heterocycles. The van der Waals surface area contributed by atoms with Gasteiger partial charge in [0.15, 0.2) is 0 Å². The zero-order valence-electron chi connectivity index (χ0n) is 9.80. The van der Waals surface area contributed by atoms with Gasteiger partial charge in [-0.05, 0) is 6.92 Å². The molecule has 0 radical (unpaired) electrons. The molecule has 0 unspecified atom stereocenters. The molecule has 6 heteroatoms. The van der Waals surface area contributed by atoms with Crippen molar-refractivity contribution >= 4 is 17.3 Å². The molecule has 5 nitrogen and oxygen atoms in total. The maximum absolute atomic E-state index is 5.09. The Kier molecular flexibility index (Phi) is 3.87. The van der Waals surface area contributed by atoms with E-state index in [1.807, 2.05) is 17.8 Å². The van der Waals surface area contributed by atoms with Crippen LogP contribution in [0.1, 0.15) is 11.4 Å². The number of aryl methyl sites for hydroxylation is 1. The third-order valence-corrected chi connectivity index (χ3v) is 2.82. The van der Waals surface area contributed by atoms with Crippen molar-refractivity contribution in [2.75, 3.05) is 19.0 Å². The van der Waals surface area contributed by atoms with Crippen LogP contribution in [0.2, 0.25) is 0 Å². The molecule has 17 heavy (non-hydrogen) atoms. The molecule has 0 bridgehead atoms. The maximum atomic E-state index is 5.09. The molecule has 0 aliphatic rings. The minimum atomic E-state index is 0.577. The standard InChI is InChI=1S/C11H14N4OS/c1-8-5-10(16-2)15-11(14-8)12-4-3-9-6-17-7-13-9/h5-7H,3-4H2,1-2H3,(H,12,14,15). The fourth-order valence-corrected chi connectivity index (χ4v) is 1.98. The molecule has 0 amide bonds. The fraction of sp³-hybridized carbons (Fsp3) is 0.364. The van der Waals surface area contributed by atoms with E-state index in [2.05, 4.69) is 20.3 Å². The van der Waals surface area contributed by atoms with E-state index in [0.717, 1.165) is 24.4 Å². The number of aromatic nitrogens is 3. The smallest absolute Gasteiger partial charge is 0.226 e. The molecule has 1 N–H and O–H groups in total. The lowest BCUT2D eigenvalue weighted by molar-refractivity contribution is 0.397. The number of nitrogens with one attached hydrogen (secondary N) is 1. The van der Waals surface area contributed by atoms with E-state index < -0.39 is 0 Å². The number of ether oxygens (including phenoxy) is 1. The van der Waals surface area contributed by atoms with E-state index in [1.165, 1.54) is 0 Å². The first-order valence-corrected chi connectivity index (χ1v) is 6.23. The molecule has 0 saturated carbocycles. The number of methoxy groups -OCH3 is 1. The van der Waals surface area contributed by atoms with Gasteiger partial charge in [-0.3, -0.25) is 0 Å². The van der Waals surface area contributed by atoms with Crippen LogP contribution in [0.15, 0.2) is 17.0 Å². The molecule has 0 spiro atoms. The Morgan fingerprint density at radius 3 is 3.00 bits per heavy atom. The molecule has 0 aliphatic carbocycles. The lowest BCUT2D eigenvalue weighted by atomic mass is 10.3. The van der Waals surface area contributed by atoms with E-state index >= 15 is 0 Å². The van der Waals surface area contributed by atoms with E-state index in [-0.39, 0.29) is 0 Å². The first kappa shape index (κ1) is 11.8. The van der Waals surface area contributed by atoms with Gasteiger partial charge in [0, 0.05) is 30.1 Å². The third kappa shape index (κ3) is 3.39. The summed E-state index contributed by atoms with van der Waals surface area (Å²) >= 11 is 1.60. The molecule has 2 rings (SSSR count). The number of hydrogen-bond donors (Lipinski definition) is 1. The number of nitrogens with zero attached hydrogens (tertiary/aromatic N) is 3. The van der Waals surface area contributed by atoms with Gasteiger partial charge in [-0.1, -0.05) is 0 Å². The maximum Gasteiger partial charge on any atom is 0.226 e. The largest absolute Gasteiger partial charge is 0.481 e. The molecule has 0 fully saturated rings. The second kappa shape index (κ2) is 5.58. The SMILES string of the molecule is COc1cc(C)nc(NCCc2cscn2)n1. The lowest BCUT2D eigenvalue weighted by Crippen LogP contribution is -2.09. The quantitative estimate of drug-likeness (QED) is 0.878. The van der Waals surface area contributed by atoms with Gasteiger partial charge in [-0.15, -0.1) is 11.3 Å². The van der Waals surface area contributed by atoms with Crippen LogP contribution in [-0.4, -0.2) is 28.6 Å². The highest BCUT2D eigenvalue weighted by atomic mass is 32.1. The first-order valence-electron chi connectivity index (χ1n) is 5.28. The molecule has 0 atom stereocenters. The lowest BCUT2D eigenvalue weighted by Gasteiger charge is -2.06. The Morgan fingerprint density at radius 1 is 1.41 bits per heavy atom. The minimum Gasteiger partial charge on any atom is -0.481 e. The third-order valence-electron chi connectivity index (χ3n) is 2.19. The summed E-state index contributed by atoms with van der Waals surface area (Å²) in [5.41, 5.74) is 3.80. The van der Waals surface area contributed by atoms with Gasteiger partial charge in [-0.2, -0.15) is 4.98 Å². The molecule has 2 aromatic heterocycles. The molecular weight excluding hydrogens is 236 g/mol. The van der Waals surface area contributed by atoms with Gasteiger partial charge in [0.05, 0.1) is 18.3 Å². The highest BCUT2D eigenvalue weighted by Crippen LogP contribution is 2.11. The van der Waals surface area contributed by atoms with Crippen molar-refractivity contribution in [1.82, 2.24) is 15.0 Å². The normalized spacial score (nSPS) is 10.2. The summed E-state index contributed by atoms with van der Waals surface area (Å²) in [7, 11) is 1.60. The molecule has 2 aromatic rings. The zero-order valence-corrected chi connectivity index (χ0v) is 10.6. The topological polar surface area (TPSA) is 59.9 Å². The van der Waals surface area contributed by atoms with Crippen LogP contribution in [-0.2, 0) is 6.42 Å². The van der Waals surface area contributed by atoms with Crippen LogP contribution >= 0.6 is 11.3 Å². The highest BCUT2D eigenvalue weighted by Gasteiger charge is 2.02. The Morgan fingerprint density at radius 2 is 2.29 bits per heavy atom. The van der Waals surface area contributed by atoms with Crippen LogP contribution in [0.3, 0.4) is 0 Å². The van der Waals surface area contributed by atoms with E-state index in [9.17, 15) is 0 Å². The monoisotopic (exact) mass is 250 g/mol. The first-order chi connectivity index (χ1) is 8.28. The summed E-state index contributed by atoms with van der Waals surface area (Å²) in [6.07, 6.45) is 0.864. The van der Waals surface area contributed by atoms with Crippen molar-refractivity contribution in [3.05, 3.63) is 28.3 Å². The fourth-order valence-electron chi connectivity index (χ4n) is 1.39. The molecule has 2 heterocycles. The van der Waals surface area contributed by atoms with Gasteiger partial charge >= 0.3 is 0 Å². The van der Waals surface area contributed by atoms with Crippen LogP contribution in [0, 0.1) is 6.92 Å². The van der Waals surface area contributed by atoms with Crippen molar-refractivity contribution < 1.29 is 4.74 Å². The van der Waals surface area contributed by atoms with Crippen LogP contribution in [0.25, 0.3) is 0 Å². The Bertz CT molecular complexity index is 472. The molecule has 90 valence electrons. The Hall–Kier alpha value is -1.69. The van der Waals surface area contributed by atoms with Crippen molar-refractivity contribution in [2.24, 2.45) is 0 Å². The van der Waals surface area contributed by atoms with Crippen LogP contribution in [0.4, 0.5) is 5.95 Å². The predicted octanol–water partition coefficient (Wildman–Crippen LogP) is 1.90. The van der Waals surface area contributed by atoms with Gasteiger partial charge in [0.25, 0.3) is 0 Å². The van der Waals surface area contributed by atoms with Crippen molar-refractivity contribution in [3.8, 4) is 5.88 Å². The second-order valence-corrected chi connectivity index (χ2v) is 4.25. The van der Waals surface area contributed by atoms with E-state index in [0.29, 0.717) is 11.8 Å². The number of hydrogen-bond acceptors (Lipinski definition) is 6. The number of thiazole rings is 1. The average Bonchev–Trinajstić information content (AvgIpc) is 2.81. The summed E-state index contributed by atoms with van der Waals surface area (Å²) in [5, 5.41) is 5.20. The molecule has 0 aliphatic heterocycles. The predicted molar refractivity (Wildman–Crippen MR) is 67.6 cm³/mol. The Balaban J connectivity index is 1.92. The summed E-state index contributed by atoms with van der Waals surface area (Å²) < 4.78 is 5.09. The summed E-state index contributed by atoms with van der Waals surface area (Å²) in [4.78, 5) is 12.7. The Labute approximate surface area is 104 Å².